The van der Waals surface area contributed by atoms with Crippen molar-refractivity contribution in [1.82, 2.24) is 5.32 Å². The van der Waals surface area contributed by atoms with E-state index in [1.54, 1.807) is 6.07 Å². The summed E-state index contributed by atoms with van der Waals surface area (Å²) in [5.74, 6) is 0.0131. The molecule has 1 fully saturated rings. The third kappa shape index (κ3) is 2.45. The molecule has 0 radical (unpaired) electrons. The Hall–Kier alpha value is -1.86. The molecule has 0 bridgehead atoms. The van der Waals surface area contributed by atoms with E-state index in [1.165, 1.54) is 0 Å². The van der Waals surface area contributed by atoms with Crippen LogP contribution in [0.15, 0.2) is 18.2 Å². The van der Waals surface area contributed by atoms with Gasteiger partial charge >= 0.3 is 0 Å². The molecule has 0 aromatic heterocycles. The SMILES string of the molecule is Cc1cccc(NC(=O)C2CCNC2)c1C#N. The van der Waals surface area contributed by atoms with E-state index >= 15 is 0 Å². The third-order valence-electron chi connectivity index (χ3n) is 3.07. The number of nitriles is 1. The summed E-state index contributed by atoms with van der Waals surface area (Å²) in [5.41, 5.74) is 2.05. The Bertz CT molecular complexity index is 470. The van der Waals surface area contributed by atoms with Gasteiger partial charge in [-0.25, -0.2) is 0 Å². The molecule has 4 heteroatoms. The predicted octanol–water partition coefficient (Wildman–Crippen LogP) is 1.41. The highest BCUT2D eigenvalue weighted by Gasteiger charge is 2.23. The lowest BCUT2D eigenvalue weighted by Gasteiger charge is -2.12. The Morgan fingerprint density at radius 3 is 3.06 bits per heavy atom. The average molecular weight is 229 g/mol. The molecular weight excluding hydrogens is 214 g/mol. The van der Waals surface area contributed by atoms with E-state index in [0.29, 0.717) is 11.3 Å². The van der Waals surface area contributed by atoms with Crippen LogP contribution in [0, 0.1) is 24.2 Å². The predicted molar refractivity (Wildman–Crippen MR) is 65.5 cm³/mol. The van der Waals surface area contributed by atoms with Crippen LogP contribution in [0.3, 0.4) is 0 Å². The molecule has 17 heavy (non-hydrogen) atoms. The van der Waals surface area contributed by atoms with E-state index in [1.807, 2.05) is 19.1 Å². The number of hydrogen-bond donors (Lipinski definition) is 2. The molecule has 88 valence electrons. The molecule has 1 heterocycles. The van der Waals surface area contributed by atoms with Gasteiger partial charge in [-0.05, 0) is 31.5 Å². The summed E-state index contributed by atoms with van der Waals surface area (Å²) < 4.78 is 0. The quantitative estimate of drug-likeness (QED) is 0.806. The van der Waals surface area contributed by atoms with Gasteiger partial charge in [0, 0.05) is 6.54 Å². The van der Waals surface area contributed by atoms with Crippen molar-refractivity contribution >= 4 is 11.6 Å². The third-order valence-corrected chi connectivity index (χ3v) is 3.07. The van der Waals surface area contributed by atoms with Crippen molar-refractivity contribution in [2.24, 2.45) is 5.92 Å². The number of aryl methyl sites for hydroxylation is 1. The topological polar surface area (TPSA) is 64.9 Å². The van der Waals surface area contributed by atoms with Gasteiger partial charge in [-0.15, -0.1) is 0 Å². The zero-order chi connectivity index (χ0) is 12.3. The number of carbonyl (C=O) groups excluding carboxylic acids is 1. The van der Waals surface area contributed by atoms with Gasteiger partial charge in [0.05, 0.1) is 17.2 Å². The lowest BCUT2D eigenvalue weighted by atomic mass is 10.1. The summed E-state index contributed by atoms with van der Waals surface area (Å²) in [4.78, 5) is 11.9. The fourth-order valence-electron chi connectivity index (χ4n) is 2.03. The standard InChI is InChI=1S/C13H15N3O/c1-9-3-2-4-12(11(9)7-14)16-13(17)10-5-6-15-8-10/h2-4,10,15H,5-6,8H2,1H3,(H,16,17). The first-order valence-corrected chi connectivity index (χ1v) is 5.73. The molecule has 2 N–H and O–H groups in total. The second kappa shape index (κ2) is 4.98. The number of amides is 1. The van der Waals surface area contributed by atoms with Gasteiger partial charge in [-0.2, -0.15) is 5.26 Å². The number of rotatable bonds is 2. The first kappa shape index (κ1) is 11.6. The summed E-state index contributed by atoms with van der Waals surface area (Å²) >= 11 is 0. The largest absolute Gasteiger partial charge is 0.325 e. The molecule has 1 aliphatic heterocycles. The first-order valence-electron chi connectivity index (χ1n) is 5.73. The lowest BCUT2D eigenvalue weighted by Crippen LogP contribution is -2.25. The molecule has 2 rings (SSSR count). The molecule has 0 aliphatic carbocycles. The van der Waals surface area contributed by atoms with Crippen LogP contribution in [0.5, 0.6) is 0 Å². The van der Waals surface area contributed by atoms with Gasteiger partial charge in [0.15, 0.2) is 0 Å². The second-order valence-electron chi connectivity index (χ2n) is 4.29. The summed E-state index contributed by atoms with van der Waals surface area (Å²) in [5, 5.41) is 15.1. The molecular formula is C13H15N3O. The monoisotopic (exact) mass is 229 g/mol. The molecule has 4 nitrogen and oxygen atoms in total. The summed E-state index contributed by atoms with van der Waals surface area (Å²) in [6, 6.07) is 7.61. The molecule has 1 aromatic carbocycles. The fraction of sp³-hybridized carbons (Fsp3) is 0.385. The van der Waals surface area contributed by atoms with Crippen LogP contribution in [0.1, 0.15) is 17.5 Å². The number of nitrogens with one attached hydrogen (secondary N) is 2. The van der Waals surface area contributed by atoms with Crippen LogP contribution in [0.2, 0.25) is 0 Å². The number of hydrogen-bond acceptors (Lipinski definition) is 3. The Morgan fingerprint density at radius 2 is 2.41 bits per heavy atom. The smallest absolute Gasteiger partial charge is 0.228 e. The Labute approximate surface area is 101 Å². The number of anilines is 1. The Morgan fingerprint density at radius 1 is 1.59 bits per heavy atom. The summed E-state index contributed by atoms with van der Waals surface area (Å²) in [6.07, 6.45) is 0.861. The molecule has 1 aromatic rings. The summed E-state index contributed by atoms with van der Waals surface area (Å²) in [7, 11) is 0. The van der Waals surface area contributed by atoms with Crippen molar-refractivity contribution in [3.63, 3.8) is 0 Å². The highest BCUT2D eigenvalue weighted by atomic mass is 16.1. The normalized spacial score (nSPS) is 18.7. The minimum atomic E-state index is -0.00269. The van der Waals surface area contributed by atoms with E-state index in [9.17, 15) is 4.79 Å². The maximum atomic E-state index is 11.9. The molecule has 1 saturated heterocycles. The number of nitrogens with zero attached hydrogens (tertiary/aromatic N) is 1. The highest BCUT2D eigenvalue weighted by Crippen LogP contribution is 2.20. The minimum absolute atomic E-state index is 0.00269. The van der Waals surface area contributed by atoms with Crippen LogP contribution in [0.25, 0.3) is 0 Å². The van der Waals surface area contributed by atoms with E-state index in [2.05, 4.69) is 16.7 Å². The van der Waals surface area contributed by atoms with Gasteiger partial charge in [0.25, 0.3) is 0 Å². The van der Waals surface area contributed by atoms with Crippen molar-refractivity contribution in [2.75, 3.05) is 18.4 Å². The Kier molecular flexibility index (Phi) is 3.40. The van der Waals surface area contributed by atoms with Crippen molar-refractivity contribution in [3.8, 4) is 6.07 Å². The van der Waals surface area contributed by atoms with E-state index in [-0.39, 0.29) is 11.8 Å². The van der Waals surface area contributed by atoms with Crippen molar-refractivity contribution in [2.45, 2.75) is 13.3 Å². The fourth-order valence-corrected chi connectivity index (χ4v) is 2.03. The van der Waals surface area contributed by atoms with Crippen molar-refractivity contribution < 1.29 is 4.79 Å². The Balaban J connectivity index is 2.16. The number of benzene rings is 1. The second-order valence-corrected chi connectivity index (χ2v) is 4.29. The molecule has 1 atom stereocenters. The van der Waals surface area contributed by atoms with Crippen LogP contribution in [0.4, 0.5) is 5.69 Å². The molecule has 1 amide bonds. The summed E-state index contributed by atoms with van der Waals surface area (Å²) in [6.45, 7) is 3.47. The zero-order valence-electron chi connectivity index (χ0n) is 9.79. The van der Waals surface area contributed by atoms with Gasteiger partial charge in [-0.3, -0.25) is 4.79 Å². The molecule has 0 saturated carbocycles. The average Bonchev–Trinajstić information content (AvgIpc) is 2.82. The van der Waals surface area contributed by atoms with Crippen LogP contribution < -0.4 is 10.6 Å². The van der Waals surface area contributed by atoms with Gasteiger partial charge < -0.3 is 10.6 Å². The molecule has 0 spiro atoms. The van der Waals surface area contributed by atoms with Crippen molar-refractivity contribution in [1.29, 1.82) is 5.26 Å². The van der Waals surface area contributed by atoms with Gasteiger partial charge in [-0.1, -0.05) is 12.1 Å². The maximum Gasteiger partial charge on any atom is 0.228 e. The highest BCUT2D eigenvalue weighted by molar-refractivity contribution is 5.94. The van der Waals surface area contributed by atoms with E-state index < -0.39 is 0 Å². The van der Waals surface area contributed by atoms with Gasteiger partial charge in [0.1, 0.15) is 6.07 Å². The van der Waals surface area contributed by atoms with E-state index in [0.717, 1.165) is 25.1 Å². The lowest BCUT2D eigenvalue weighted by molar-refractivity contribution is -0.119. The van der Waals surface area contributed by atoms with Crippen molar-refractivity contribution in [3.05, 3.63) is 29.3 Å². The van der Waals surface area contributed by atoms with E-state index in [4.69, 9.17) is 5.26 Å². The van der Waals surface area contributed by atoms with Crippen LogP contribution >= 0.6 is 0 Å². The molecule has 1 aliphatic rings. The van der Waals surface area contributed by atoms with Crippen LogP contribution in [-0.4, -0.2) is 19.0 Å². The van der Waals surface area contributed by atoms with Crippen LogP contribution in [-0.2, 0) is 4.79 Å². The van der Waals surface area contributed by atoms with Gasteiger partial charge in [0.2, 0.25) is 5.91 Å². The number of carbonyl (C=O) groups is 1. The minimum Gasteiger partial charge on any atom is -0.325 e. The maximum absolute atomic E-state index is 11.9. The first-order chi connectivity index (χ1) is 8.22. The zero-order valence-corrected chi connectivity index (χ0v) is 9.79. The molecule has 1 unspecified atom stereocenters.